The molecule has 1 atom stereocenters. The number of hydrogen-bond acceptors (Lipinski definition) is 4. The summed E-state index contributed by atoms with van der Waals surface area (Å²) in [4.78, 5) is 52.1. The Balaban J connectivity index is 0.00000157. The molecule has 0 saturated carbocycles. The number of rotatable bonds is 4. The lowest BCUT2D eigenvalue weighted by molar-refractivity contribution is -0.0102. The predicted octanol–water partition coefficient (Wildman–Crippen LogP) is 6.99. The van der Waals surface area contributed by atoms with E-state index in [4.69, 9.17) is 0 Å². The third kappa shape index (κ3) is 4.89. The van der Waals surface area contributed by atoms with E-state index in [1.807, 2.05) is 6.92 Å². The first-order chi connectivity index (χ1) is 17.6. The molecule has 214 valence electrons. The van der Waals surface area contributed by atoms with Crippen LogP contribution in [0.25, 0.3) is 0 Å². The van der Waals surface area contributed by atoms with Crippen LogP contribution in [0.15, 0.2) is 60.7 Å². The summed E-state index contributed by atoms with van der Waals surface area (Å²) in [5.74, 6) is -2.75. The first kappa shape index (κ1) is 33.7. The molecule has 5 rings (SSSR count). The molecule has 0 N–H and O–H groups in total. The standard InChI is InChI=1S/C26H17F3N2O4.CH3F.3CH4/c1-13-3-7-16(8-4-13)31-23(34)18-10-6-15(12-20(18)24(31)35)26(29,25(27)28)14-5-9-17-19(11-14)22(33)30(2)21(17)32;1-2;;;/h3-12,25H,1-2H3;1H3;3*1H4. The molecule has 0 aromatic heterocycles. The lowest BCUT2D eigenvalue weighted by Crippen LogP contribution is -2.31. The van der Waals surface area contributed by atoms with Crippen molar-refractivity contribution in [2.45, 2.75) is 41.3 Å². The molecule has 0 radical (unpaired) electrons. The highest BCUT2D eigenvalue weighted by Crippen LogP contribution is 2.43. The monoisotopic (exact) mass is 560 g/mol. The zero-order chi connectivity index (χ0) is 27.2. The second-order valence-electron chi connectivity index (χ2n) is 8.48. The number of imide groups is 2. The zero-order valence-corrected chi connectivity index (χ0v) is 19.9. The van der Waals surface area contributed by atoms with E-state index in [0.29, 0.717) is 12.9 Å². The van der Waals surface area contributed by atoms with Gasteiger partial charge in [0.05, 0.1) is 35.1 Å². The first-order valence-electron chi connectivity index (χ1n) is 11.0. The number of carbonyl (C=O) groups excluding carboxylic acids is 4. The highest BCUT2D eigenvalue weighted by molar-refractivity contribution is 6.34. The summed E-state index contributed by atoms with van der Waals surface area (Å²) >= 11 is 0. The molecular weight excluding hydrogens is 528 g/mol. The number of hydrogen-bond donors (Lipinski definition) is 0. The van der Waals surface area contributed by atoms with Gasteiger partial charge in [-0.25, -0.2) is 18.1 Å². The summed E-state index contributed by atoms with van der Waals surface area (Å²) < 4.78 is 54.2. The van der Waals surface area contributed by atoms with Crippen molar-refractivity contribution in [1.82, 2.24) is 4.90 Å². The lowest BCUT2D eigenvalue weighted by Gasteiger charge is -2.26. The van der Waals surface area contributed by atoms with E-state index in [0.717, 1.165) is 51.8 Å². The minimum atomic E-state index is -3.58. The molecule has 0 fully saturated rings. The molecule has 2 aliphatic heterocycles. The molecule has 1 unspecified atom stereocenters. The van der Waals surface area contributed by atoms with Crippen molar-refractivity contribution in [3.05, 3.63) is 99.6 Å². The van der Waals surface area contributed by atoms with E-state index in [1.54, 1.807) is 24.3 Å². The maximum absolute atomic E-state index is 16.2. The predicted molar refractivity (Wildman–Crippen MR) is 147 cm³/mol. The number of fused-ring (bicyclic) bond motifs is 2. The molecule has 10 heteroatoms. The van der Waals surface area contributed by atoms with Gasteiger partial charge in [0.15, 0.2) is 0 Å². The smallest absolute Gasteiger partial charge is 0.277 e. The minimum Gasteiger partial charge on any atom is -0.277 e. The van der Waals surface area contributed by atoms with Gasteiger partial charge in [0.1, 0.15) is 0 Å². The Kier molecular flexibility index (Phi) is 10.3. The number of nitrogens with zero attached hydrogens (tertiary/aromatic N) is 2. The van der Waals surface area contributed by atoms with Crippen molar-refractivity contribution >= 4 is 29.3 Å². The van der Waals surface area contributed by atoms with E-state index in [9.17, 15) is 32.3 Å². The molecule has 3 aromatic rings. The summed E-state index contributed by atoms with van der Waals surface area (Å²) in [6, 6.07) is 12.8. The van der Waals surface area contributed by atoms with Gasteiger partial charge in [-0.1, -0.05) is 52.1 Å². The number of anilines is 1. The molecule has 0 bridgehead atoms. The van der Waals surface area contributed by atoms with Gasteiger partial charge in [0.2, 0.25) is 5.67 Å². The summed E-state index contributed by atoms with van der Waals surface area (Å²) in [7, 11) is 1.74. The molecule has 0 spiro atoms. The topological polar surface area (TPSA) is 74.8 Å². The second-order valence-corrected chi connectivity index (χ2v) is 8.48. The van der Waals surface area contributed by atoms with Crippen LogP contribution >= 0.6 is 0 Å². The van der Waals surface area contributed by atoms with Crippen molar-refractivity contribution in [3.63, 3.8) is 0 Å². The minimum absolute atomic E-state index is 0. The molecule has 4 amide bonds. The number of carbonyl (C=O) groups is 4. The van der Waals surface area contributed by atoms with Gasteiger partial charge in [-0.15, -0.1) is 0 Å². The van der Waals surface area contributed by atoms with Gasteiger partial charge in [-0.05, 0) is 43.3 Å². The van der Waals surface area contributed by atoms with E-state index < -0.39 is 46.8 Å². The van der Waals surface area contributed by atoms with Crippen LogP contribution in [0, 0.1) is 6.92 Å². The fourth-order valence-corrected chi connectivity index (χ4v) is 4.40. The Labute approximate surface area is 231 Å². The Morgan fingerprint density at radius 1 is 0.650 bits per heavy atom. The van der Waals surface area contributed by atoms with Crippen molar-refractivity contribution < 1.29 is 36.7 Å². The van der Waals surface area contributed by atoms with Crippen molar-refractivity contribution in [1.29, 1.82) is 0 Å². The number of amides is 4. The highest BCUT2D eigenvalue weighted by atomic mass is 19.3. The van der Waals surface area contributed by atoms with Gasteiger partial charge in [0.25, 0.3) is 30.1 Å². The molecule has 3 aromatic carbocycles. The third-order valence-corrected chi connectivity index (χ3v) is 6.41. The molecule has 0 aliphatic carbocycles. The van der Waals surface area contributed by atoms with E-state index >= 15 is 4.39 Å². The van der Waals surface area contributed by atoms with Crippen LogP contribution in [0.3, 0.4) is 0 Å². The molecule has 6 nitrogen and oxygen atoms in total. The van der Waals surface area contributed by atoms with Gasteiger partial charge in [-0.3, -0.25) is 28.5 Å². The van der Waals surface area contributed by atoms with Crippen molar-refractivity contribution in [3.8, 4) is 0 Å². The van der Waals surface area contributed by atoms with E-state index in [-0.39, 0.29) is 44.5 Å². The largest absolute Gasteiger partial charge is 0.280 e. The zero-order valence-electron chi connectivity index (χ0n) is 19.9. The SMILES string of the molecule is C.C.C.CF.Cc1ccc(N2C(=O)c3ccc(C(F)(c4ccc5c(c4)C(=O)N(C)C5=O)C(F)F)cc3C2=O)cc1. The summed E-state index contributed by atoms with van der Waals surface area (Å²) in [5, 5.41) is 0. The fraction of sp³-hybridized carbons (Fsp3) is 0.267. The maximum atomic E-state index is 16.2. The van der Waals surface area contributed by atoms with Gasteiger partial charge >= 0.3 is 0 Å². The van der Waals surface area contributed by atoms with Gasteiger partial charge in [-0.2, -0.15) is 0 Å². The number of alkyl halides is 4. The summed E-state index contributed by atoms with van der Waals surface area (Å²) in [6.45, 7) is 1.84. The fourth-order valence-electron chi connectivity index (χ4n) is 4.40. The van der Waals surface area contributed by atoms with Crippen LogP contribution in [0.5, 0.6) is 0 Å². The molecular formula is C30H32F4N2O4. The lowest BCUT2D eigenvalue weighted by atomic mass is 9.85. The Hall–Kier alpha value is -4.34. The first-order valence-corrected chi connectivity index (χ1v) is 11.0. The normalized spacial score (nSPS) is 14.8. The average Bonchev–Trinajstić information content (AvgIpc) is 3.28. The second kappa shape index (κ2) is 12.2. The van der Waals surface area contributed by atoms with Crippen LogP contribution in [0.1, 0.15) is 80.4 Å². The van der Waals surface area contributed by atoms with Crippen LogP contribution in [-0.4, -0.2) is 49.2 Å². The molecule has 2 aliphatic rings. The molecule has 40 heavy (non-hydrogen) atoms. The molecule has 2 heterocycles. The Morgan fingerprint density at radius 2 is 1.05 bits per heavy atom. The van der Waals surface area contributed by atoms with Crippen LogP contribution in [0.4, 0.5) is 23.2 Å². The van der Waals surface area contributed by atoms with Crippen LogP contribution in [0.2, 0.25) is 0 Å². The Morgan fingerprint density at radius 3 is 1.52 bits per heavy atom. The number of halogens is 4. The van der Waals surface area contributed by atoms with E-state index in [2.05, 4.69) is 0 Å². The van der Waals surface area contributed by atoms with Crippen molar-refractivity contribution in [2.24, 2.45) is 0 Å². The highest BCUT2D eigenvalue weighted by Gasteiger charge is 2.47. The maximum Gasteiger partial charge on any atom is 0.280 e. The van der Waals surface area contributed by atoms with Crippen molar-refractivity contribution in [2.75, 3.05) is 19.1 Å². The summed E-state index contributed by atoms with van der Waals surface area (Å²) in [5.41, 5.74) is -3.73. The van der Waals surface area contributed by atoms with E-state index in [1.165, 1.54) is 7.05 Å². The Bertz CT molecular complexity index is 1460. The average molecular weight is 561 g/mol. The third-order valence-electron chi connectivity index (χ3n) is 6.41. The quantitative estimate of drug-likeness (QED) is 0.255. The van der Waals surface area contributed by atoms with Gasteiger partial charge < -0.3 is 0 Å². The van der Waals surface area contributed by atoms with Crippen LogP contribution in [-0.2, 0) is 5.67 Å². The van der Waals surface area contributed by atoms with Crippen LogP contribution < -0.4 is 4.90 Å². The summed E-state index contributed by atoms with van der Waals surface area (Å²) in [6.07, 6.45) is -3.58. The number of aryl methyl sites for hydroxylation is 1. The number of benzene rings is 3. The van der Waals surface area contributed by atoms with Gasteiger partial charge in [0, 0.05) is 18.2 Å². The molecule has 0 saturated heterocycles.